The van der Waals surface area contributed by atoms with E-state index in [1.807, 2.05) is 84.9 Å². The van der Waals surface area contributed by atoms with Gasteiger partial charge in [-0.2, -0.15) is 0 Å². The largest absolute Gasteiger partial charge is 0.512 e. The van der Waals surface area contributed by atoms with Gasteiger partial charge in [0.1, 0.15) is 5.76 Å². The number of hydrogen-bond acceptors (Lipinski definition) is 4. The van der Waals surface area contributed by atoms with Crippen LogP contribution in [0.2, 0.25) is 0 Å². The molecular formula is C26H22IrNO3-. The zero-order valence-corrected chi connectivity index (χ0v) is 19.6. The molecule has 4 nitrogen and oxygen atoms in total. The summed E-state index contributed by atoms with van der Waals surface area (Å²) in [7, 11) is 0. The van der Waals surface area contributed by atoms with Crippen molar-refractivity contribution in [1.29, 1.82) is 0 Å². The van der Waals surface area contributed by atoms with Crippen molar-refractivity contribution in [2.24, 2.45) is 0 Å². The zero-order chi connectivity index (χ0) is 21.3. The van der Waals surface area contributed by atoms with Crippen molar-refractivity contribution >= 4 is 5.78 Å². The van der Waals surface area contributed by atoms with Gasteiger partial charge in [0.2, 0.25) is 5.89 Å². The first-order valence-electron chi connectivity index (χ1n) is 9.51. The molecule has 4 aromatic rings. The summed E-state index contributed by atoms with van der Waals surface area (Å²) in [5.41, 5.74) is 3.72. The molecule has 1 radical (unpaired) electrons. The van der Waals surface area contributed by atoms with Crippen molar-refractivity contribution in [3.63, 3.8) is 0 Å². The Morgan fingerprint density at radius 2 is 1.48 bits per heavy atom. The van der Waals surface area contributed by atoms with Gasteiger partial charge in [0, 0.05) is 43.0 Å². The third-order valence-corrected chi connectivity index (χ3v) is 4.06. The number of rotatable bonds is 4. The summed E-state index contributed by atoms with van der Waals surface area (Å²) < 4.78 is 6.11. The Kier molecular flexibility index (Phi) is 9.13. The van der Waals surface area contributed by atoms with Crippen LogP contribution >= 0.6 is 0 Å². The Bertz CT molecular complexity index is 1060. The molecule has 1 aromatic heterocycles. The third-order valence-electron chi connectivity index (χ3n) is 4.06. The summed E-state index contributed by atoms with van der Waals surface area (Å²) in [4.78, 5) is 14.7. The number of aliphatic hydroxyl groups is 1. The minimum absolute atomic E-state index is 0. The summed E-state index contributed by atoms with van der Waals surface area (Å²) in [6.45, 7) is 2.85. The molecule has 1 heterocycles. The Hall–Kier alpha value is -3.27. The number of hydrogen-bond donors (Lipinski definition) is 1. The van der Waals surface area contributed by atoms with Gasteiger partial charge in [0.25, 0.3) is 0 Å². The smallest absolute Gasteiger partial charge is 0.216 e. The molecule has 0 saturated heterocycles. The molecule has 4 rings (SSSR count). The normalized spacial score (nSPS) is 10.5. The maximum absolute atomic E-state index is 10.0. The van der Waals surface area contributed by atoms with Gasteiger partial charge in [0.05, 0.1) is 5.76 Å². The summed E-state index contributed by atoms with van der Waals surface area (Å²) >= 11 is 0. The van der Waals surface area contributed by atoms with Crippen molar-refractivity contribution in [3.05, 3.63) is 103 Å². The quantitative estimate of drug-likeness (QED) is 0.168. The second kappa shape index (κ2) is 11.8. The SMILES string of the molecule is CC(=O)/C=C(/C)O.[Ir].[c-]1ccccc1-c1nc(-c2ccccc2)oc1-c1ccccc1. The van der Waals surface area contributed by atoms with Crippen LogP contribution in [0.3, 0.4) is 0 Å². The van der Waals surface area contributed by atoms with Crippen LogP contribution in [0.5, 0.6) is 0 Å². The van der Waals surface area contributed by atoms with Crippen LogP contribution in [-0.4, -0.2) is 15.9 Å². The van der Waals surface area contributed by atoms with E-state index in [2.05, 4.69) is 6.07 Å². The van der Waals surface area contributed by atoms with E-state index in [1.165, 1.54) is 19.9 Å². The van der Waals surface area contributed by atoms with Gasteiger partial charge in [-0.25, -0.2) is 0 Å². The minimum Gasteiger partial charge on any atom is -0.512 e. The standard InChI is InChI=1S/C21H14NO.C5H8O2.Ir/c1-4-10-16(11-5-1)19-20(17-12-6-2-7-13-17)23-21(22-19)18-14-8-3-9-15-18;1-4(6)3-5(2)7;/h1-10,12-15H;3,6H,1-2H3;/q-1;;/b;4-3-;. The molecule has 0 spiro atoms. The molecule has 0 amide bonds. The monoisotopic (exact) mass is 589 g/mol. The first-order valence-corrected chi connectivity index (χ1v) is 9.51. The average molecular weight is 589 g/mol. The Balaban J connectivity index is 0.000000373. The number of allylic oxidation sites excluding steroid dienone is 2. The fourth-order valence-corrected chi connectivity index (χ4v) is 2.83. The predicted octanol–water partition coefficient (Wildman–Crippen LogP) is 6.51. The number of aromatic nitrogens is 1. The Labute approximate surface area is 195 Å². The maximum Gasteiger partial charge on any atom is 0.216 e. The second-order valence-electron chi connectivity index (χ2n) is 6.60. The number of carbonyl (C=O) groups is 1. The zero-order valence-electron chi connectivity index (χ0n) is 17.2. The number of carbonyl (C=O) groups excluding carboxylic acids is 1. The van der Waals surface area contributed by atoms with E-state index in [-0.39, 0.29) is 31.6 Å². The molecule has 0 aliphatic carbocycles. The van der Waals surface area contributed by atoms with E-state index in [1.54, 1.807) is 0 Å². The first-order chi connectivity index (χ1) is 14.5. The number of aliphatic hydroxyl groups excluding tert-OH is 1. The topological polar surface area (TPSA) is 63.3 Å². The van der Waals surface area contributed by atoms with Crippen molar-refractivity contribution in [3.8, 4) is 34.0 Å². The van der Waals surface area contributed by atoms with Gasteiger partial charge in [-0.3, -0.25) is 9.78 Å². The van der Waals surface area contributed by atoms with Crippen molar-refractivity contribution in [2.75, 3.05) is 0 Å². The molecule has 3 aromatic carbocycles. The van der Waals surface area contributed by atoms with Crippen molar-refractivity contribution in [1.82, 2.24) is 4.98 Å². The van der Waals surface area contributed by atoms with Crippen LogP contribution in [0.4, 0.5) is 0 Å². The van der Waals surface area contributed by atoms with Crippen LogP contribution in [0.1, 0.15) is 13.8 Å². The van der Waals surface area contributed by atoms with E-state index in [0.29, 0.717) is 5.89 Å². The molecule has 0 aliphatic heterocycles. The van der Waals surface area contributed by atoms with Gasteiger partial charge >= 0.3 is 0 Å². The van der Waals surface area contributed by atoms with Crippen LogP contribution < -0.4 is 0 Å². The van der Waals surface area contributed by atoms with Crippen molar-refractivity contribution < 1.29 is 34.4 Å². The minimum atomic E-state index is -0.125. The van der Waals surface area contributed by atoms with Gasteiger partial charge in [-0.1, -0.05) is 48.5 Å². The Morgan fingerprint density at radius 1 is 0.903 bits per heavy atom. The van der Waals surface area contributed by atoms with Gasteiger partial charge in [-0.05, 0) is 26.0 Å². The van der Waals surface area contributed by atoms with E-state index >= 15 is 0 Å². The predicted molar refractivity (Wildman–Crippen MR) is 119 cm³/mol. The van der Waals surface area contributed by atoms with Gasteiger partial charge in [0.15, 0.2) is 5.78 Å². The summed E-state index contributed by atoms with van der Waals surface area (Å²) in [6.07, 6.45) is 1.17. The fraction of sp³-hybridized carbons (Fsp3) is 0.0769. The second-order valence-corrected chi connectivity index (χ2v) is 6.60. The summed E-state index contributed by atoms with van der Waals surface area (Å²) in [5, 5.41) is 8.36. The van der Waals surface area contributed by atoms with Crippen LogP contribution in [0.25, 0.3) is 34.0 Å². The van der Waals surface area contributed by atoms with Crippen LogP contribution in [0.15, 0.2) is 101 Å². The van der Waals surface area contributed by atoms with Gasteiger partial charge < -0.3 is 9.52 Å². The summed E-state index contributed by atoms with van der Waals surface area (Å²) in [6, 6.07) is 31.1. The van der Waals surface area contributed by atoms with E-state index in [9.17, 15) is 4.79 Å². The van der Waals surface area contributed by atoms with Crippen molar-refractivity contribution in [2.45, 2.75) is 13.8 Å². The molecule has 0 unspecified atom stereocenters. The molecule has 159 valence electrons. The summed E-state index contributed by atoms with van der Waals surface area (Å²) in [5.74, 6) is 1.33. The number of oxazole rings is 1. The molecule has 31 heavy (non-hydrogen) atoms. The molecule has 0 atom stereocenters. The first kappa shape index (κ1) is 24.0. The molecular weight excluding hydrogens is 567 g/mol. The maximum atomic E-state index is 10.0. The molecule has 5 heteroatoms. The van der Waals surface area contributed by atoms with Gasteiger partial charge in [-0.15, -0.1) is 35.9 Å². The average Bonchev–Trinajstić information content (AvgIpc) is 3.21. The molecule has 0 saturated carbocycles. The van der Waals surface area contributed by atoms with E-state index in [4.69, 9.17) is 14.5 Å². The van der Waals surface area contributed by atoms with Crippen LogP contribution in [-0.2, 0) is 24.9 Å². The third kappa shape index (κ3) is 6.88. The van der Waals surface area contributed by atoms with Crippen LogP contribution in [0, 0.1) is 6.07 Å². The Morgan fingerprint density at radius 3 is 1.97 bits per heavy atom. The number of nitrogens with zero attached hydrogens (tertiary/aromatic N) is 1. The molecule has 1 N–H and O–H groups in total. The van der Waals surface area contributed by atoms with E-state index in [0.717, 1.165) is 28.1 Å². The van der Waals surface area contributed by atoms with E-state index < -0.39 is 0 Å². The molecule has 0 fully saturated rings. The number of benzene rings is 3. The molecule has 0 aliphatic rings. The molecule has 0 bridgehead atoms. The number of ketones is 1. The fourth-order valence-electron chi connectivity index (χ4n) is 2.83.